The minimum absolute atomic E-state index is 0.000528. The molecule has 0 radical (unpaired) electrons. The second-order valence-electron chi connectivity index (χ2n) is 13.9. The van der Waals surface area contributed by atoms with Gasteiger partial charge < -0.3 is 9.30 Å². The number of likely N-dealkylation sites (tertiary alicyclic amines) is 2. The number of pyridine rings is 1. The lowest BCUT2D eigenvalue weighted by atomic mass is 9.83. The normalized spacial score (nSPS) is 18.0. The van der Waals surface area contributed by atoms with E-state index in [1.165, 1.54) is 6.07 Å². The number of fused-ring (bicyclic) bond motifs is 1. The lowest BCUT2D eigenvalue weighted by molar-refractivity contribution is -0.143. The highest BCUT2D eigenvalue weighted by atomic mass is 28.3. The summed E-state index contributed by atoms with van der Waals surface area (Å²) in [5, 5.41) is 15.3. The number of ether oxygens (including phenoxy) is 1. The molecule has 250 valence electrons. The zero-order valence-electron chi connectivity index (χ0n) is 26.8. The smallest absolute Gasteiger partial charge is 0.361 e. The van der Waals surface area contributed by atoms with Crippen LogP contribution in [0.4, 0.5) is 17.6 Å². The Morgan fingerprint density at radius 3 is 2.57 bits per heavy atom. The summed E-state index contributed by atoms with van der Waals surface area (Å²) < 4.78 is 63.7. The first-order valence-corrected chi connectivity index (χ1v) is 19.5. The number of nitrogens with zero attached hydrogens (tertiary/aromatic N) is 9. The molecular formula is C32H39F4N9OSi. The first kappa shape index (κ1) is 33.2. The maximum absolute atomic E-state index is 14.5. The number of alkyl halides is 3. The average molecular weight is 670 g/mol. The third-order valence-electron chi connectivity index (χ3n) is 9.23. The van der Waals surface area contributed by atoms with Crippen LogP contribution in [-0.4, -0.2) is 86.0 Å². The lowest BCUT2D eigenvalue weighted by Crippen LogP contribution is -2.66. The predicted octanol–water partition coefficient (Wildman–Crippen LogP) is 5.75. The standard InChI is InChI=1S/C32H39F4N9OSi/c1-47(2,3)15-14-46-22-43-13-7-26-28(39-21-40-30(26)43)24-16-41-45(18-24)31(8-9-37)19-44(20-31)25-5-11-42(12-6-25)17-23-4-10-38-29(27(23)33)32(34,35)36/h4,7,10,13,16,18,21,25H,5-6,8,11-12,14-15,17,19-20,22H2,1-3H3. The fourth-order valence-electron chi connectivity index (χ4n) is 6.52. The van der Waals surface area contributed by atoms with Crippen LogP contribution in [0.2, 0.25) is 25.7 Å². The van der Waals surface area contributed by atoms with Crippen LogP contribution in [0.15, 0.2) is 43.2 Å². The van der Waals surface area contributed by atoms with Crippen molar-refractivity contribution < 1.29 is 22.3 Å². The van der Waals surface area contributed by atoms with Crippen molar-refractivity contribution in [3.63, 3.8) is 0 Å². The molecule has 0 atom stereocenters. The molecule has 0 spiro atoms. The molecule has 2 aliphatic heterocycles. The van der Waals surface area contributed by atoms with Crippen LogP contribution in [0.5, 0.6) is 0 Å². The van der Waals surface area contributed by atoms with Crippen LogP contribution in [-0.2, 0) is 29.7 Å². The Morgan fingerprint density at radius 1 is 1.11 bits per heavy atom. The first-order chi connectivity index (χ1) is 22.4. The van der Waals surface area contributed by atoms with Crippen molar-refractivity contribution in [1.82, 2.24) is 39.1 Å². The fraction of sp³-hybridized carbons (Fsp3) is 0.531. The molecule has 47 heavy (non-hydrogen) atoms. The van der Waals surface area contributed by atoms with E-state index in [4.69, 9.17) is 9.84 Å². The molecule has 0 aliphatic carbocycles. The lowest BCUT2D eigenvalue weighted by Gasteiger charge is -2.53. The molecule has 4 aromatic rings. The summed E-state index contributed by atoms with van der Waals surface area (Å²) >= 11 is 0. The van der Waals surface area contributed by atoms with Gasteiger partial charge in [-0.05, 0) is 44.1 Å². The van der Waals surface area contributed by atoms with Crippen molar-refractivity contribution in [1.29, 1.82) is 5.26 Å². The maximum atomic E-state index is 14.5. The van der Waals surface area contributed by atoms with E-state index in [1.54, 1.807) is 12.5 Å². The van der Waals surface area contributed by atoms with Gasteiger partial charge in [-0.3, -0.25) is 14.5 Å². The van der Waals surface area contributed by atoms with Gasteiger partial charge in [0.2, 0.25) is 0 Å². The molecule has 15 heteroatoms. The quantitative estimate of drug-likeness (QED) is 0.113. The fourth-order valence-corrected chi connectivity index (χ4v) is 7.28. The van der Waals surface area contributed by atoms with Crippen molar-refractivity contribution in [2.24, 2.45) is 0 Å². The molecule has 0 saturated carbocycles. The summed E-state index contributed by atoms with van der Waals surface area (Å²) in [5.41, 5.74) is 0.459. The van der Waals surface area contributed by atoms with Gasteiger partial charge in [0.05, 0.1) is 24.4 Å². The number of hydrogen-bond donors (Lipinski definition) is 0. The van der Waals surface area contributed by atoms with Crippen LogP contribution in [0.1, 0.15) is 30.5 Å². The molecule has 0 unspecified atom stereocenters. The number of piperidine rings is 1. The number of nitriles is 1. The molecule has 2 fully saturated rings. The summed E-state index contributed by atoms with van der Waals surface area (Å²) in [7, 11) is -1.18. The summed E-state index contributed by atoms with van der Waals surface area (Å²) in [4.78, 5) is 16.6. The van der Waals surface area contributed by atoms with Gasteiger partial charge in [-0.2, -0.15) is 23.5 Å². The molecule has 10 nitrogen and oxygen atoms in total. The predicted molar refractivity (Wildman–Crippen MR) is 170 cm³/mol. The van der Waals surface area contributed by atoms with E-state index < -0.39 is 31.3 Å². The van der Waals surface area contributed by atoms with Gasteiger partial charge >= 0.3 is 6.18 Å². The van der Waals surface area contributed by atoms with Crippen molar-refractivity contribution in [3.8, 4) is 17.3 Å². The third kappa shape index (κ3) is 7.10. The summed E-state index contributed by atoms with van der Waals surface area (Å²) in [6.07, 6.45) is 5.33. The minimum atomic E-state index is -4.83. The van der Waals surface area contributed by atoms with E-state index in [9.17, 15) is 22.8 Å². The van der Waals surface area contributed by atoms with Gasteiger partial charge in [-0.25, -0.2) is 19.3 Å². The zero-order valence-corrected chi connectivity index (χ0v) is 27.8. The van der Waals surface area contributed by atoms with Crippen molar-refractivity contribution in [2.45, 2.75) is 76.0 Å². The van der Waals surface area contributed by atoms with E-state index in [1.807, 2.05) is 32.6 Å². The zero-order chi connectivity index (χ0) is 33.4. The van der Waals surface area contributed by atoms with Gasteiger partial charge in [-0.15, -0.1) is 0 Å². The molecular weight excluding hydrogens is 630 g/mol. The van der Waals surface area contributed by atoms with Gasteiger partial charge in [0.1, 0.15) is 24.2 Å². The van der Waals surface area contributed by atoms with Gasteiger partial charge in [0, 0.05) is 75.5 Å². The molecule has 6 rings (SSSR count). The highest BCUT2D eigenvalue weighted by Gasteiger charge is 2.48. The van der Waals surface area contributed by atoms with Gasteiger partial charge in [-0.1, -0.05) is 19.6 Å². The number of halogens is 4. The Hall–Kier alpha value is -3.71. The Balaban J connectivity index is 1.08. The van der Waals surface area contributed by atoms with Crippen LogP contribution < -0.4 is 0 Å². The third-order valence-corrected chi connectivity index (χ3v) is 10.9. The van der Waals surface area contributed by atoms with Crippen molar-refractivity contribution >= 4 is 19.1 Å². The molecule has 0 aromatic carbocycles. The topological polar surface area (TPSA) is 101 Å². The van der Waals surface area contributed by atoms with Gasteiger partial charge in [0.25, 0.3) is 0 Å². The Kier molecular flexibility index (Phi) is 9.23. The number of aromatic nitrogens is 6. The Labute approximate surface area is 272 Å². The van der Waals surface area contributed by atoms with E-state index in [-0.39, 0.29) is 18.2 Å². The van der Waals surface area contributed by atoms with Gasteiger partial charge in [0.15, 0.2) is 11.5 Å². The Morgan fingerprint density at radius 2 is 1.87 bits per heavy atom. The van der Waals surface area contributed by atoms with E-state index in [2.05, 4.69) is 45.6 Å². The second kappa shape index (κ2) is 13.1. The van der Waals surface area contributed by atoms with Crippen molar-refractivity contribution in [3.05, 3.63) is 60.3 Å². The first-order valence-electron chi connectivity index (χ1n) is 15.8. The molecule has 0 bridgehead atoms. The SMILES string of the molecule is C[Si](C)(C)CCOCn1ccc2c(-c3cnn(C4(CC#N)CN(C5CCN(Cc6ccnc(C(F)(F)F)c6F)CC5)C4)c3)ncnc21. The van der Waals surface area contributed by atoms with Crippen LogP contribution in [0, 0.1) is 17.1 Å². The number of rotatable bonds is 11. The highest BCUT2D eigenvalue weighted by Crippen LogP contribution is 2.38. The molecule has 6 heterocycles. The van der Waals surface area contributed by atoms with Crippen LogP contribution in [0.3, 0.4) is 0 Å². The molecule has 4 aromatic heterocycles. The van der Waals surface area contributed by atoms with Crippen molar-refractivity contribution in [2.75, 3.05) is 32.8 Å². The van der Waals surface area contributed by atoms with Crippen LogP contribution >= 0.6 is 0 Å². The monoisotopic (exact) mass is 669 g/mol. The molecule has 0 amide bonds. The molecule has 2 aliphatic rings. The van der Waals surface area contributed by atoms with Crippen LogP contribution in [0.25, 0.3) is 22.3 Å². The maximum Gasteiger partial charge on any atom is 0.436 e. The highest BCUT2D eigenvalue weighted by molar-refractivity contribution is 6.76. The minimum Gasteiger partial charge on any atom is -0.361 e. The number of hydrogen-bond acceptors (Lipinski definition) is 8. The Bertz CT molecular complexity index is 1750. The van der Waals surface area contributed by atoms with E-state index in [0.29, 0.717) is 39.3 Å². The second-order valence-corrected chi connectivity index (χ2v) is 19.5. The average Bonchev–Trinajstić information content (AvgIpc) is 3.66. The summed E-state index contributed by atoms with van der Waals surface area (Å²) in [6, 6.07) is 7.00. The largest absolute Gasteiger partial charge is 0.436 e. The summed E-state index contributed by atoms with van der Waals surface area (Å²) in [6.45, 7) is 10.8. The summed E-state index contributed by atoms with van der Waals surface area (Å²) in [5.74, 6) is -1.30. The van der Waals surface area contributed by atoms with E-state index in [0.717, 1.165) is 54.0 Å². The van der Waals surface area contributed by atoms with E-state index >= 15 is 0 Å². The molecule has 2 saturated heterocycles. The molecule has 0 N–H and O–H groups in total.